The number of aryl methyl sites for hydroxylation is 1. The lowest BCUT2D eigenvalue weighted by Crippen LogP contribution is -2.16. The number of nitrogens with zero attached hydrogens (tertiary/aromatic N) is 2. The number of amides is 1. The maximum atomic E-state index is 13.8. The highest BCUT2D eigenvalue weighted by Crippen LogP contribution is 2.25. The van der Waals surface area contributed by atoms with Gasteiger partial charge in [0, 0.05) is 28.7 Å². The van der Waals surface area contributed by atoms with Crippen LogP contribution in [0.3, 0.4) is 0 Å². The van der Waals surface area contributed by atoms with Gasteiger partial charge in [-0.1, -0.05) is 17.7 Å². The Morgan fingerprint density at radius 1 is 1.19 bits per heavy atom. The number of ether oxygens (including phenoxy) is 1. The van der Waals surface area contributed by atoms with Crippen molar-refractivity contribution >= 4 is 23.2 Å². The highest BCUT2D eigenvalue weighted by atomic mass is 35.5. The Morgan fingerprint density at radius 3 is 2.65 bits per heavy atom. The van der Waals surface area contributed by atoms with Crippen molar-refractivity contribution in [1.29, 1.82) is 0 Å². The maximum Gasteiger partial charge on any atom is 0.321 e. The Bertz CT molecular complexity index is 915. The SMILES string of the molecule is Cc1cc(Oc2ncccn2)ccc1NC(=O)Cc1c(F)cccc1Cl. The van der Waals surface area contributed by atoms with Crippen LogP contribution in [0, 0.1) is 12.7 Å². The third kappa shape index (κ3) is 4.34. The van der Waals surface area contributed by atoms with Crippen LogP contribution in [-0.2, 0) is 11.2 Å². The highest BCUT2D eigenvalue weighted by molar-refractivity contribution is 6.31. The standard InChI is InChI=1S/C19H15ClFN3O2/c1-12-10-13(26-19-22-8-3-9-23-19)6-7-17(12)24-18(25)11-14-15(20)4-2-5-16(14)21/h2-10H,11H2,1H3,(H,24,25). The predicted octanol–water partition coefficient (Wildman–Crippen LogP) is 4.55. The Balaban J connectivity index is 1.69. The first kappa shape index (κ1) is 17.8. The lowest BCUT2D eigenvalue weighted by molar-refractivity contribution is -0.115. The van der Waals surface area contributed by atoms with Crippen molar-refractivity contribution in [3.63, 3.8) is 0 Å². The second kappa shape index (κ2) is 7.93. The van der Waals surface area contributed by atoms with E-state index in [0.717, 1.165) is 5.56 Å². The van der Waals surface area contributed by atoms with Crippen molar-refractivity contribution in [1.82, 2.24) is 9.97 Å². The molecule has 1 amide bonds. The van der Waals surface area contributed by atoms with E-state index in [0.29, 0.717) is 11.4 Å². The molecule has 26 heavy (non-hydrogen) atoms. The fraction of sp³-hybridized carbons (Fsp3) is 0.105. The zero-order valence-electron chi connectivity index (χ0n) is 13.9. The van der Waals surface area contributed by atoms with Crippen molar-refractivity contribution in [2.45, 2.75) is 13.3 Å². The van der Waals surface area contributed by atoms with E-state index in [1.807, 2.05) is 6.92 Å². The van der Waals surface area contributed by atoms with Crippen LogP contribution in [0.2, 0.25) is 5.02 Å². The molecule has 0 aliphatic heterocycles. The van der Waals surface area contributed by atoms with E-state index >= 15 is 0 Å². The summed E-state index contributed by atoms with van der Waals surface area (Å²) in [5, 5.41) is 2.98. The van der Waals surface area contributed by atoms with Crippen molar-refractivity contribution in [3.05, 3.63) is 76.8 Å². The number of halogens is 2. The fourth-order valence-corrected chi connectivity index (χ4v) is 2.57. The Morgan fingerprint density at radius 2 is 1.96 bits per heavy atom. The molecule has 5 nitrogen and oxygen atoms in total. The molecule has 0 fully saturated rings. The smallest absolute Gasteiger partial charge is 0.321 e. The molecule has 2 aromatic carbocycles. The molecule has 0 atom stereocenters. The van der Waals surface area contributed by atoms with Crippen LogP contribution in [0.25, 0.3) is 0 Å². The first-order valence-electron chi connectivity index (χ1n) is 7.81. The molecule has 0 aliphatic carbocycles. The maximum absolute atomic E-state index is 13.8. The third-order valence-corrected chi connectivity index (χ3v) is 3.98. The van der Waals surface area contributed by atoms with Crippen LogP contribution < -0.4 is 10.1 Å². The molecule has 3 aromatic rings. The molecule has 0 saturated heterocycles. The average molecular weight is 372 g/mol. The van der Waals surface area contributed by atoms with Crippen LogP contribution in [0.15, 0.2) is 54.9 Å². The number of anilines is 1. The summed E-state index contributed by atoms with van der Waals surface area (Å²) in [6, 6.07) is 11.4. The molecule has 0 aliphatic rings. The summed E-state index contributed by atoms with van der Waals surface area (Å²) in [6.07, 6.45) is 3.01. The third-order valence-electron chi connectivity index (χ3n) is 3.62. The van der Waals surface area contributed by atoms with Gasteiger partial charge in [-0.2, -0.15) is 0 Å². The van der Waals surface area contributed by atoms with Crippen molar-refractivity contribution in [2.75, 3.05) is 5.32 Å². The van der Waals surface area contributed by atoms with Crippen LogP contribution in [-0.4, -0.2) is 15.9 Å². The van der Waals surface area contributed by atoms with Gasteiger partial charge in [0.2, 0.25) is 5.91 Å². The number of nitrogens with one attached hydrogen (secondary N) is 1. The monoisotopic (exact) mass is 371 g/mol. The van der Waals surface area contributed by atoms with Gasteiger partial charge in [-0.15, -0.1) is 0 Å². The fourth-order valence-electron chi connectivity index (χ4n) is 2.34. The molecule has 0 radical (unpaired) electrons. The van der Waals surface area contributed by atoms with Gasteiger partial charge in [0.25, 0.3) is 0 Å². The van der Waals surface area contributed by atoms with E-state index in [2.05, 4.69) is 15.3 Å². The second-order valence-electron chi connectivity index (χ2n) is 5.54. The quantitative estimate of drug-likeness (QED) is 0.714. The average Bonchev–Trinajstić information content (AvgIpc) is 2.62. The summed E-state index contributed by atoms with van der Waals surface area (Å²) >= 11 is 5.96. The van der Waals surface area contributed by atoms with Crippen molar-refractivity contribution in [2.24, 2.45) is 0 Å². The summed E-state index contributed by atoms with van der Waals surface area (Å²) < 4.78 is 19.3. The second-order valence-corrected chi connectivity index (χ2v) is 5.94. The largest absolute Gasteiger partial charge is 0.424 e. The molecular formula is C19H15ClFN3O2. The zero-order valence-corrected chi connectivity index (χ0v) is 14.6. The molecule has 1 N–H and O–H groups in total. The topological polar surface area (TPSA) is 64.1 Å². The molecule has 0 bridgehead atoms. The first-order chi connectivity index (χ1) is 12.5. The Labute approximate surface area is 154 Å². The van der Waals surface area contributed by atoms with E-state index < -0.39 is 5.82 Å². The van der Waals surface area contributed by atoms with E-state index in [1.54, 1.807) is 42.7 Å². The number of rotatable bonds is 5. The Kier molecular flexibility index (Phi) is 5.43. The summed E-state index contributed by atoms with van der Waals surface area (Å²) in [6.45, 7) is 1.82. The van der Waals surface area contributed by atoms with Crippen LogP contribution >= 0.6 is 11.6 Å². The van der Waals surface area contributed by atoms with Gasteiger partial charge < -0.3 is 10.1 Å². The van der Waals surface area contributed by atoms with E-state index in [1.165, 1.54) is 12.1 Å². The summed E-state index contributed by atoms with van der Waals surface area (Å²) in [4.78, 5) is 20.2. The molecular weight excluding hydrogens is 357 g/mol. The van der Waals surface area contributed by atoms with Crippen LogP contribution in [0.1, 0.15) is 11.1 Å². The van der Waals surface area contributed by atoms with Gasteiger partial charge >= 0.3 is 6.01 Å². The summed E-state index contributed by atoms with van der Waals surface area (Å²) in [7, 11) is 0. The summed E-state index contributed by atoms with van der Waals surface area (Å²) in [5.74, 6) is -0.319. The van der Waals surface area contributed by atoms with Gasteiger partial charge in [0.05, 0.1) is 6.42 Å². The number of carbonyl (C=O) groups is 1. The molecule has 7 heteroatoms. The van der Waals surface area contributed by atoms with Gasteiger partial charge in [-0.25, -0.2) is 14.4 Å². The first-order valence-corrected chi connectivity index (χ1v) is 8.19. The molecule has 1 aromatic heterocycles. The normalized spacial score (nSPS) is 10.4. The Hall–Kier alpha value is -2.99. The van der Waals surface area contributed by atoms with Crippen molar-refractivity contribution < 1.29 is 13.9 Å². The number of aromatic nitrogens is 2. The van der Waals surface area contributed by atoms with Gasteiger partial charge in [-0.05, 0) is 48.9 Å². The van der Waals surface area contributed by atoms with Gasteiger partial charge in [0.1, 0.15) is 11.6 Å². The number of hydrogen-bond acceptors (Lipinski definition) is 4. The van der Waals surface area contributed by atoms with Gasteiger partial charge in [0.15, 0.2) is 0 Å². The number of benzene rings is 2. The molecule has 1 heterocycles. The van der Waals surface area contributed by atoms with Crippen LogP contribution in [0.4, 0.5) is 10.1 Å². The zero-order chi connectivity index (χ0) is 18.5. The minimum absolute atomic E-state index is 0.152. The molecule has 132 valence electrons. The van der Waals surface area contributed by atoms with E-state index in [4.69, 9.17) is 16.3 Å². The molecule has 3 rings (SSSR count). The summed E-state index contributed by atoms with van der Waals surface area (Å²) in [5.41, 5.74) is 1.56. The van der Waals surface area contributed by atoms with E-state index in [9.17, 15) is 9.18 Å². The van der Waals surface area contributed by atoms with Crippen molar-refractivity contribution in [3.8, 4) is 11.8 Å². The lowest BCUT2D eigenvalue weighted by Gasteiger charge is -2.11. The van der Waals surface area contributed by atoms with Crippen LogP contribution in [0.5, 0.6) is 11.8 Å². The molecule has 0 spiro atoms. The lowest BCUT2D eigenvalue weighted by atomic mass is 10.1. The minimum Gasteiger partial charge on any atom is -0.424 e. The number of carbonyl (C=O) groups excluding carboxylic acids is 1. The predicted molar refractivity (Wildman–Crippen MR) is 97.0 cm³/mol. The minimum atomic E-state index is -0.504. The molecule has 0 saturated carbocycles. The highest BCUT2D eigenvalue weighted by Gasteiger charge is 2.13. The molecule has 0 unspecified atom stereocenters. The van der Waals surface area contributed by atoms with E-state index in [-0.39, 0.29) is 28.9 Å². The number of hydrogen-bond donors (Lipinski definition) is 1. The van der Waals surface area contributed by atoms with Gasteiger partial charge in [-0.3, -0.25) is 4.79 Å².